The molecule has 0 radical (unpaired) electrons. The third kappa shape index (κ3) is 3.62. The molecule has 1 amide bonds. The van der Waals surface area contributed by atoms with Gasteiger partial charge in [-0.3, -0.25) is 14.0 Å². The normalized spacial score (nSPS) is 17.8. The maximum absolute atomic E-state index is 13.6. The summed E-state index contributed by atoms with van der Waals surface area (Å²) in [4.78, 5) is 31.2. The van der Waals surface area contributed by atoms with Crippen LogP contribution in [0.1, 0.15) is 37.7 Å². The lowest BCUT2D eigenvalue weighted by molar-refractivity contribution is -0.136. The van der Waals surface area contributed by atoms with E-state index in [1.807, 2.05) is 40.7 Å². The van der Waals surface area contributed by atoms with Crippen molar-refractivity contribution in [3.05, 3.63) is 63.5 Å². The molecule has 7 nitrogen and oxygen atoms in total. The van der Waals surface area contributed by atoms with E-state index >= 15 is 0 Å². The monoisotopic (exact) mass is 463 g/mol. The van der Waals surface area contributed by atoms with Gasteiger partial charge in [0.05, 0.1) is 10.2 Å². The molecular formula is C25H29N5O2S. The largest absolute Gasteiger partial charge is 0.365 e. The molecule has 2 atom stereocenters. The summed E-state index contributed by atoms with van der Waals surface area (Å²) in [5, 5.41) is 6.61. The summed E-state index contributed by atoms with van der Waals surface area (Å²) in [7, 11) is 0. The second-order valence-electron chi connectivity index (χ2n) is 8.92. The number of amides is 1. The van der Waals surface area contributed by atoms with Crippen LogP contribution in [-0.4, -0.2) is 50.7 Å². The predicted octanol–water partition coefficient (Wildman–Crippen LogP) is 4.02. The Hall–Kier alpha value is -3.13. The number of rotatable bonds is 4. The number of anilines is 1. The smallest absolute Gasteiger partial charge is 0.291 e. The lowest BCUT2D eigenvalue weighted by atomic mass is 10.1. The molecule has 0 spiro atoms. The Morgan fingerprint density at radius 2 is 2.00 bits per heavy atom. The van der Waals surface area contributed by atoms with Crippen molar-refractivity contribution in [1.82, 2.24) is 19.1 Å². The van der Waals surface area contributed by atoms with Gasteiger partial charge in [-0.1, -0.05) is 19.1 Å². The van der Waals surface area contributed by atoms with Crippen molar-refractivity contribution in [2.45, 2.75) is 46.2 Å². The molecular weight excluding hydrogens is 434 g/mol. The van der Waals surface area contributed by atoms with Crippen LogP contribution >= 0.6 is 11.3 Å². The van der Waals surface area contributed by atoms with Crippen LogP contribution in [0, 0.1) is 13.8 Å². The number of fused-ring (bicyclic) bond motifs is 3. The minimum Gasteiger partial charge on any atom is -0.365 e. The highest BCUT2D eigenvalue weighted by Gasteiger charge is 2.32. The molecule has 0 bridgehead atoms. The van der Waals surface area contributed by atoms with Crippen molar-refractivity contribution in [2.75, 3.05) is 24.5 Å². The van der Waals surface area contributed by atoms with Gasteiger partial charge in [-0.2, -0.15) is 5.10 Å². The van der Waals surface area contributed by atoms with Crippen molar-refractivity contribution in [3.8, 4) is 0 Å². The third-order valence-electron chi connectivity index (χ3n) is 6.67. The number of piperazine rings is 1. The van der Waals surface area contributed by atoms with E-state index in [-0.39, 0.29) is 17.5 Å². The molecule has 172 valence electrons. The van der Waals surface area contributed by atoms with Gasteiger partial charge in [-0.25, -0.2) is 4.68 Å². The molecule has 1 aromatic carbocycles. The second kappa shape index (κ2) is 8.33. The van der Waals surface area contributed by atoms with Gasteiger partial charge in [-0.05, 0) is 62.4 Å². The molecule has 3 aromatic heterocycles. The maximum atomic E-state index is 13.6. The van der Waals surface area contributed by atoms with Crippen molar-refractivity contribution in [2.24, 2.45) is 0 Å². The van der Waals surface area contributed by atoms with E-state index < -0.39 is 6.04 Å². The lowest BCUT2D eigenvalue weighted by Gasteiger charge is -2.42. The van der Waals surface area contributed by atoms with E-state index in [1.54, 1.807) is 11.3 Å². The molecule has 0 unspecified atom stereocenters. The zero-order valence-corrected chi connectivity index (χ0v) is 20.3. The third-order valence-corrected chi connectivity index (χ3v) is 7.52. The van der Waals surface area contributed by atoms with Crippen LogP contribution in [-0.2, 0) is 4.79 Å². The topological polar surface area (TPSA) is 62.9 Å². The first kappa shape index (κ1) is 21.7. The van der Waals surface area contributed by atoms with Gasteiger partial charge in [-0.15, -0.1) is 11.3 Å². The van der Waals surface area contributed by atoms with Crippen LogP contribution in [0.4, 0.5) is 5.69 Å². The Labute approximate surface area is 196 Å². The Bertz CT molecular complexity index is 1400. The van der Waals surface area contributed by atoms with Crippen LogP contribution in [0.5, 0.6) is 0 Å². The number of thiophene rings is 1. The molecule has 8 heteroatoms. The molecule has 1 fully saturated rings. The molecule has 0 aliphatic carbocycles. The van der Waals surface area contributed by atoms with Gasteiger partial charge in [0.25, 0.3) is 5.56 Å². The number of hydrogen-bond donors (Lipinski definition) is 0. The highest BCUT2D eigenvalue weighted by atomic mass is 32.1. The fraction of sp³-hybridized carbons (Fsp3) is 0.400. The van der Waals surface area contributed by atoms with E-state index in [9.17, 15) is 9.59 Å². The maximum Gasteiger partial charge on any atom is 0.291 e. The first-order valence-electron chi connectivity index (χ1n) is 11.5. The zero-order chi connectivity index (χ0) is 23.3. The molecule has 4 heterocycles. The van der Waals surface area contributed by atoms with Crippen molar-refractivity contribution >= 4 is 38.7 Å². The zero-order valence-electron chi connectivity index (χ0n) is 19.5. The summed E-state index contributed by atoms with van der Waals surface area (Å²) < 4.78 is 4.36. The SMILES string of the molecule is CC[C@@H](C(=O)N1CCN(c2cccc(C)c2)[C@@H](C)C1)n1nc(C)n2c(cc3sccc32)c1=O. The first-order valence-corrected chi connectivity index (χ1v) is 12.4. The molecule has 0 N–H and O–H groups in total. The summed E-state index contributed by atoms with van der Waals surface area (Å²) in [6.07, 6.45) is 0.517. The van der Waals surface area contributed by atoms with Crippen LogP contribution < -0.4 is 10.5 Å². The standard InChI is InChI=1S/C25H29N5O2S/c1-5-20(30-25(32)22-14-23-21(9-12-33-23)29(22)18(4)26-30)24(31)27-10-11-28(17(3)15-27)19-8-6-7-16(2)13-19/h6-9,12-14,17,20H,5,10-11,15H2,1-4H3/t17-,20-/m0/s1. The molecule has 33 heavy (non-hydrogen) atoms. The second-order valence-corrected chi connectivity index (χ2v) is 9.87. The van der Waals surface area contributed by atoms with Gasteiger partial charge in [0.1, 0.15) is 17.4 Å². The number of aromatic nitrogens is 3. The fourth-order valence-electron chi connectivity index (χ4n) is 5.02. The summed E-state index contributed by atoms with van der Waals surface area (Å²) in [6, 6.07) is 12.0. The summed E-state index contributed by atoms with van der Waals surface area (Å²) in [5.41, 5.74) is 3.77. The van der Waals surface area contributed by atoms with Gasteiger partial charge >= 0.3 is 0 Å². The van der Waals surface area contributed by atoms with E-state index in [1.165, 1.54) is 15.9 Å². The highest BCUT2D eigenvalue weighted by molar-refractivity contribution is 7.17. The fourth-order valence-corrected chi connectivity index (χ4v) is 5.82. The Morgan fingerprint density at radius 3 is 2.73 bits per heavy atom. The van der Waals surface area contributed by atoms with E-state index in [4.69, 9.17) is 0 Å². The van der Waals surface area contributed by atoms with Crippen molar-refractivity contribution < 1.29 is 4.79 Å². The minimum absolute atomic E-state index is 0.0278. The van der Waals surface area contributed by atoms with Gasteiger partial charge < -0.3 is 9.80 Å². The van der Waals surface area contributed by atoms with Crippen LogP contribution in [0.25, 0.3) is 15.7 Å². The molecule has 0 saturated carbocycles. The average Bonchev–Trinajstić information content (AvgIpc) is 3.39. The van der Waals surface area contributed by atoms with E-state index in [0.29, 0.717) is 30.9 Å². The number of benzene rings is 1. The van der Waals surface area contributed by atoms with Crippen LogP contribution in [0.3, 0.4) is 0 Å². The predicted molar refractivity (Wildman–Crippen MR) is 133 cm³/mol. The Kier molecular flexibility index (Phi) is 5.48. The summed E-state index contributed by atoms with van der Waals surface area (Å²) in [6.45, 7) is 10.1. The van der Waals surface area contributed by atoms with Crippen molar-refractivity contribution in [3.63, 3.8) is 0 Å². The van der Waals surface area contributed by atoms with Crippen LogP contribution in [0.15, 0.2) is 46.6 Å². The van der Waals surface area contributed by atoms with Gasteiger partial charge in [0.2, 0.25) is 5.91 Å². The average molecular weight is 464 g/mol. The minimum atomic E-state index is -0.605. The lowest BCUT2D eigenvalue weighted by Crippen LogP contribution is -2.55. The Morgan fingerprint density at radius 1 is 1.18 bits per heavy atom. The molecule has 1 aliphatic heterocycles. The quantitative estimate of drug-likeness (QED) is 0.459. The number of carbonyl (C=O) groups excluding carboxylic acids is 1. The molecule has 1 saturated heterocycles. The highest BCUT2D eigenvalue weighted by Crippen LogP contribution is 2.26. The molecule has 1 aliphatic rings. The number of carbonyl (C=O) groups is 1. The number of hydrogen-bond acceptors (Lipinski definition) is 5. The Balaban J connectivity index is 1.43. The summed E-state index contributed by atoms with van der Waals surface area (Å²) in [5.74, 6) is 0.682. The van der Waals surface area contributed by atoms with Gasteiger partial charge in [0.15, 0.2) is 0 Å². The van der Waals surface area contributed by atoms with Crippen LogP contribution in [0.2, 0.25) is 0 Å². The number of aryl methyl sites for hydroxylation is 2. The van der Waals surface area contributed by atoms with Gasteiger partial charge in [0, 0.05) is 31.4 Å². The molecule has 4 aromatic rings. The van der Waals surface area contributed by atoms with E-state index in [2.05, 4.69) is 48.1 Å². The first-order chi connectivity index (χ1) is 15.9. The van der Waals surface area contributed by atoms with Crippen molar-refractivity contribution in [1.29, 1.82) is 0 Å². The number of nitrogens with zero attached hydrogens (tertiary/aromatic N) is 5. The van der Waals surface area contributed by atoms with E-state index in [0.717, 1.165) is 16.8 Å². The summed E-state index contributed by atoms with van der Waals surface area (Å²) >= 11 is 1.60. The molecule has 5 rings (SSSR count).